The number of carboxylic acids is 1. The van der Waals surface area contributed by atoms with Crippen LogP contribution in [0, 0.1) is 6.92 Å². The Balaban J connectivity index is 1.95. The normalized spacial score (nSPS) is 10.5. The van der Waals surface area contributed by atoms with Crippen LogP contribution in [0.25, 0.3) is 22.0 Å². The molecule has 0 fully saturated rings. The van der Waals surface area contributed by atoms with E-state index in [1.165, 1.54) is 11.3 Å². The predicted octanol–water partition coefficient (Wildman–Crippen LogP) is 3.88. The third-order valence-electron chi connectivity index (χ3n) is 3.14. The van der Waals surface area contributed by atoms with Crippen LogP contribution in [-0.4, -0.2) is 21.0 Å². The average Bonchev–Trinajstić information content (AvgIpc) is 2.97. The second-order valence-electron chi connectivity index (χ2n) is 4.59. The van der Waals surface area contributed by atoms with Crippen molar-refractivity contribution >= 4 is 17.3 Å². The van der Waals surface area contributed by atoms with Gasteiger partial charge in [0.1, 0.15) is 10.7 Å². The molecule has 0 aliphatic carbocycles. The van der Waals surface area contributed by atoms with Gasteiger partial charge in [0.05, 0.1) is 11.3 Å². The van der Waals surface area contributed by atoms with Crippen molar-refractivity contribution in [2.75, 3.05) is 0 Å². The maximum atomic E-state index is 10.9. The topological polar surface area (TPSA) is 63.1 Å². The summed E-state index contributed by atoms with van der Waals surface area (Å²) in [4.78, 5) is 19.8. The lowest BCUT2D eigenvalue weighted by atomic mass is 10.1. The van der Waals surface area contributed by atoms with Gasteiger partial charge in [0.15, 0.2) is 0 Å². The Kier molecular flexibility index (Phi) is 3.50. The van der Waals surface area contributed by atoms with Crippen LogP contribution in [0.2, 0.25) is 0 Å². The molecule has 3 aromatic rings. The first-order valence-corrected chi connectivity index (χ1v) is 7.24. The standard InChI is InChI=1S/C16H12N2O2S/c1-10-3-2-8-17-14(10)15-18-13(9-21-15)11-4-6-12(7-5-11)16(19)20/h2-9H,1H3,(H,19,20). The monoisotopic (exact) mass is 296 g/mol. The first kappa shape index (κ1) is 13.5. The summed E-state index contributed by atoms with van der Waals surface area (Å²) in [6, 6.07) is 10.6. The van der Waals surface area contributed by atoms with Crippen LogP contribution in [0.1, 0.15) is 15.9 Å². The van der Waals surface area contributed by atoms with Gasteiger partial charge >= 0.3 is 5.97 Å². The summed E-state index contributed by atoms with van der Waals surface area (Å²) in [6.45, 7) is 2.01. The molecule has 0 aliphatic heterocycles. The van der Waals surface area contributed by atoms with Gasteiger partial charge in [-0.15, -0.1) is 11.3 Å². The van der Waals surface area contributed by atoms with Gasteiger partial charge in [-0.1, -0.05) is 18.2 Å². The molecule has 0 spiro atoms. The summed E-state index contributed by atoms with van der Waals surface area (Å²) in [5.41, 5.74) is 3.97. The smallest absolute Gasteiger partial charge is 0.335 e. The van der Waals surface area contributed by atoms with Gasteiger partial charge in [0, 0.05) is 17.1 Å². The molecule has 0 amide bonds. The fourth-order valence-corrected chi connectivity index (χ4v) is 2.90. The lowest BCUT2D eigenvalue weighted by Crippen LogP contribution is -1.95. The highest BCUT2D eigenvalue weighted by molar-refractivity contribution is 7.13. The number of pyridine rings is 1. The van der Waals surface area contributed by atoms with Crippen molar-refractivity contribution in [3.63, 3.8) is 0 Å². The fraction of sp³-hybridized carbons (Fsp3) is 0.0625. The molecule has 3 rings (SSSR count). The van der Waals surface area contributed by atoms with Crippen molar-refractivity contribution in [3.05, 3.63) is 59.1 Å². The number of hydrogen-bond acceptors (Lipinski definition) is 4. The van der Waals surface area contributed by atoms with Gasteiger partial charge in [-0.25, -0.2) is 9.78 Å². The zero-order chi connectivity index (χ0) is 14.8. The first-order valence-electron chi connectivity index (χ1n) is 6.36. The van der Waals surface area contributed by atoms with Gasteiger partial charge in [0.2, 0.25) is 0 Å². The number of carbonyl (C=O) groups is 1. The minimum Gasteiger partial charge on any atom is -0.478 e. The number of nitrogens with zero attached hydrogens (tertiary/aromatic N) is 2. The Bertz CT molecular complexity index is 794. The number of aryl methyl sites for hydroxylation is 1. The third-order valence-corrected chi connectivity index (χ3v) is 3.99. The maximum Gasteiger partial charge on any atom is 0.335 e. The number of aromatic carboxylic acids is 1. The largest absolute Gasteiger partial charge is 0.478 e. The summed E-state index contributed by atoms with van der Waals surface area (Å²) in [7, 11) is 0. The van der Waals surface area contributed by atoms with E-state index in [9.17, 15) is 4.79 Å². The van der Waals surface area contributed by atoms with E-state index in [4.69, 9.17) is 5.11 Å². The van der Waals surface area contributed by atoms with Crippen molar-refractivity contribution < 1.29 is 9.90 Å². The van der Waals surface area contributed by atoms with Gasteiger partial charge < -0.3 is 5.11 Å². The van der Waals surface area contributed by atoms with Crippen LogP contribution in [0.3, 0.4) is 0 Å². The quantitative estimate of drug-likeness (QED) is 0.796. The van der Waals surface area contributed by atoms with Crippen molar-refractivity contribution in [2.45, 2.75) is 6.92 Å². The van der Waals surface area contributed by atoms with Crippen molar-refractivity contribution in [1.82, 2.24) is 9.97 Å². The molecule has 0 bridgehead atoms. The molecule has 0 unspecified atom stereocenters. The SMILES string of the molecule is Cc1cccnc1-c1nc(-c2ccc(C(=O)O)cc2)cs1. The number of carboxylic acid groups (broad SMARTS) is 1. The molecule has 2 aromatic heterocycles. The molecule has 1 aromatic carbocycles. The van der Waals surface area contributed by atoms with Crippen LogP contribution in [0.4, 0.5) is 0 Å². The van der Waals surface area contributed by atoms with Crippen LogP contribution in [0.5, 0.6) is 0 Å². The van der Waals surface area contributed by atoms with Crippen molar-refractivity contribution in [3.8, 4) is 22.0 Å². The van der Waals surface area contributed by atoms with E-state index in [0.717, 1.165) is 27.5 Å². The molecule has 0 aliphatic rings. The molecule has 104 valence electrons. The van der Waals surface area contributed by atoms with Gasteiger partial charge in [-0.2, -0.15) is 0 Å². The van der Waals surface area contributed by atoms with Gasteiger partial charge in [0.25, 0.3) is 0 Å². The molecule has 0 radical (unpaired) electrons. The molecule has 5 heteroatoms. The summed E-state index contributed by atoms with van der Waals surface area (Å²) < 4.78 is 0. The second-order valence-corrected chi connectivity index (χ2v) is 5.45. The molecule has 2 heterocycles. The van der Waals surface area contributed by atoms with Crippen LogP contribution in [0.15, 0.2) is 48.0 Å². The summed E-state index contributed by atoms with van der Waals surface area (Å²) in [5.74, 6) is -0.926. The van der Waals surface area contributed by atoms with Crippen LogP contribution in [-0.2, 0) is 0 Å². The number of hydrogen-bond donors (Lipinski definition) is 1. The highest BCUT2D eigenvalue weighted by Gasteiger charge is 2.10. The maximum absolute atomic E-state index is 10.9. The molecule has 21 heavy (non-hydrogen) atoms. The Labute approximate surface area is 125 Å². The van der Waals surface area contributed by atoms with E-state index < -0.39 is 5.97 Å². The minimum atomic E-state index is -0.926. The molecular weight excluding hydrogens is 284 g/mol. The number of thiazole rings is 1. The third kappa shape index (κ3) is 2.68. The molecular formula is C16H12N2O2S. The van der Waals surface area contributed by atoms with E-state index in [2.05, 4.69) is 9.97 Å². The summed E-state index contributed by atoms with van der Waals surface area (Å²) >= 11 is 1.53. The van der Waals surface area contributed by atoms with Crippen LogP contribution >= 0.6 is 11.3 Å². The van der Waals surface area contributed by atoms with Crippen molar-refractivity contribution in [2.24, 2.45) is 0 Å². The Hall–Kier alpha value is -2.53. The van der Waals surface area contributed by atoms with E-state index in [-0.39, 0.29) is 5.56 Å². The number of rotatable bonds is 3. The summed E-state index contributed by atoms with van der Waals surface area (Å²) in [5, 5.41) is 11.7. The highest BCUT2D eigenvalue weighted by atomic mass is 32.1. The molecule has 1 N–H and O–H groups in total. The van der Waals surface area contributed by atoms with E-state index in [0.29, 0.717) is 0 Å². The lowest BCUT2D eigenvalue weighted by Gasteiger charge is -2.00. The lowest BCUT2D eigenvalue weighted by molar-refractivity contribution is 0.0697. The van der Waals surface area contributed by atoms with E-state index in [1.807, 2.05) is 24.4 Å². The zero-order valence-corrected chi connectivity index (χ0v) is 12.1. The molecule has 4 nitrogen and oxygen atoms in total. The Morgan fingerprint density at radius 2 is 1.95 bits per heavy atom. The van der Waals surface area contributed by atoms with Crippen LogP contribution < -0.4 is 0 Å². The molecule has 0 atom stereocenters. The minimum absolute atomic E-state index is 0.273. The molecule has 0 saturated carbocycles. The van der Waals surface area contributed by atoms with Gasteiger partial charge in [-0.05, 0) is 30.7 Å². The second kappa shape index (κ2) is 5.46. The Morgan fingerprint density at radius 3 is 2.62 bits per heavy atom. The zero-order valence-electron chi connectivity index (χ0n) is 11.3. The van der Waals surface area contributed by atoms with E-state index in [1.54, 1.807) is 30.5 Å². The fourth-order valence-electron chi connectivity index (χ4n) is 2.01. The predicted molar refractivity (Wildman–Crippen MR) is 82.5 cm³/mol. The number of aromatic nitrogens is 2. The summed E-state index contributed by atoms with van der Waals surface area (Å²) in [6.07, 6.45) is 1.76. The Morgan fingerprint density at radius 1 is 1.19 bits per heavy atom. The number of benzene rings is 1. The van der Waals surface area contributed by atoms with Gasteiger partial charge in [-0.3, -0.25) is 4.98 Å². The highest BCUT2D eigenvalue weighted by Crippen LogP contribution is 2.29. The van der Waals surface area contributed by atoms with E-state index >= 15 is 0 Å². The average molecular weight is 296 g/mol. The molecule has 0 saturated heterocycles. The van der Waals surface area contributed by atoms with Crippen molar-refractivity contribution in [1.29, 1.82) is 0 Å². The first-order chi connectivity index (χ1) is 10.1.